The number of rotatable bonds is 3. The summed E-state index contributed by atoms with van der Waals surface area (Å²) in [5, 5.41) is 2.96. The van der Waals surface area contributed by atoms with Crippen molar-refractivity contribution in [2.45, 2.75) is 13.8 Å². The van der Waals surface area contributed by atoms with Crippen molar-refractivity contribution >= 4 is 17.3 Å². The number of nitrogens with zero attached hydrogens (tertiary/aromatic N) is 2. The first-order chi connectivity index (χ1) is 11.1. The highest BCUT2D eigenvalue weighted by molar-refractivity contribution is 6.05. The first-order valence-corrected chi connectivity index (χ1v) is 7.82. The van der Waals surface area contributed by atoms with E-state index in [1.165, 1.54) is 0 Å². The minimum absolute atomic E-state index is 0.130. The molecular formula is C18H21N3O2. The molecule has 1 saturated heterocycles. The Balaban J connectivity index is 1.75. The number of carbonyl (C=O) groups is 1. The van der Waals surface area contributed by atoms with Crippen molar-refractivity contribution < 1.29 is 9.53 Å². The zero-order valence-electron chi connectivity index (χ0n) is 13.5. The maximum Gasteiger partial charge on any atom is 0.257 e. The van der Waals surface area contributed by atoms with Crippen LogP contribution in [0.2, 0.25) is 0 Å². The third-order valence-electron chi connectivity index (χ3n) is 3.95. The number of ether oxygens (including phenoxy) is 1. The standard InChI is InChI=1S/C18H21N3O2/c1-13-6-7-17(14(2)19-13)18(22)20-15-4-3-5-16(12-15)21-8-10-23-11-9-21/h3-7,12H,8-11H2,1-2H3,(H,20,22). The maximum absolute atomic E-state index is 12.4. The first kappa shape index (κ1) is 15.5. The number of carbonyl (C=O) groups excluding carboxylic acids is 1. The molecule has 0 saturated carbocycles. The van der Waals surface area contributed by atoms with Crippen molar-refractivity contribution in [1.29, 1.82) is 0 Å². The Morgan fingerprint density at radius 2 is 1.96 bits per heavy atom. The molecule has 1 N–H and O–H groups in total. The second-order valence-electron chi connectivity index (χ2n) is 5.69. The molecule has 3 rings (SSSR count). The van der Waals surface area contributed by atoms with Gasteiger partial charge in [-0.3, -0.25) is 9.78 Å². The van der Waals surface area contributed by atoms with Crippen LogP contribution in [0.15, 0.2) is 36.4 Å². The number of amides is 1. The minimum atomic E-state index is -0.130. The summed E-state index contributed by atoms with van der Waals surface area (Å²) in [5.74, 6) is -0.130. The molecule has 23 heavy (non-hydrogen) atoms. The highest BCUT2D eigenvalue weighted by atomic mass is 16.5. The average Bonchev–Trinajstić information content (AvgIpc) is 2.56. The molecule has 1 aliphatic heterocycles. The molecule has 1 amide bonds. The van der Waals surface area contributed by atoms with Crippen LogP contribution in [0.1, 0.15) is 21.7 Å². The van der Waals surface area contributed by atoms with Crippen molar-refractivity contribution in [2.75, 3.05) is 36.5 Å². The Hall–Kier alpha value is -2.40. The number of aromatic nitrogens is 1. The molecule has 0 unspecified atom stereocenters. The number of anilines is 2. The van der Waals surface area contributed by atoms with E-state index >= 15 is 0 Å². The Kier molecular flexibility index (Phi) is 4.57. The molecule has 1 aliphatic rings. The van der Waals surface area contributed by atoms with E-state index in [0.717, 1.165) is 49.1 Å². The van der Waals surface area contributed by atoms with Gasteiger partial charge in [0.25, 0.3) is 5.91 Å². The van der Waals surface area contributed by atoms with E-state index in [4.69, 9.17) is 4.74 Å². The smallest absolute Gasteiger partial charge is 0.257 e. The summed E-state index contributed by atoms with van der Waals surface area (Å²) in [6.07, 6.45) is 0. The Bertz CT molecular complexity index is 709. The van der Waals surface area contributed by atoms with Gasteiger partial charge in [0.15, 0.2) is 0 Å². The van der Waals surface area contributed by atoms with E-state index in [-0.39, 0.29) is 5.91 Å². The summed E-state index contributed by atoms with van der Waals surface area (Å²) >= 11 is 0. The van der Waals surface area contributed by atoms with Gasteiger partial charge < -0.3 is 15.0 Å². The Morgan fingerprint density at radius 1 is 1.17 bits per heavy atom. The topological polar surface area (TPSA) is 54.5 Å². The summed E-state index contributed by atoms with van der Waals surface area (Å²) in [6, 6.07) is 11.6. The van der Waals surface area contributed by atoms with Gasteiger partial charge in [-0.25, -0.2) is 0 Å². The van der Waals surface area contributed by atoms with Crippen molar-refractivity contribution in [3.05, 3.63) is 53.3 Å². The predicted molar refractivity (Wildman–Crippen MR) is 91.1 cm³/mol. The zero-order chi connectivity index (χ0) is 16.2. The molecule has 2 aromatic rings. The lowest BCUT2D eigenvalue weighted by atomic mass is 10.1. The second-order valence-corrected chi connectivity index (χ2v) is 5.69. The number of benzene rings is 1. The maximum atomic E-state index is 12.4. The third kappa shape index (κ3) is 3.68. The molecule has 5 nitrogen and oxygen atoms in total. The van der Waals surface area contributed by atoms with Gasteiger partial charge in [0.2, 0.25) is 0 Å². The molecular weight excluding hydrogens is 290 g/mol. The van der Waals surface area contributed by atoms with Gasteiger partial charge in [0.1, 0.15) is 0 Å². The Labute approximate surface area is 136 Å². The predicted octanol–water partition coefficient (Wildman–Crippen LogP) is 2.79. The number of nitrogens with one attached hydrogen (secondary N) is 1. The van der Waals surface area contributed by atoms with Gasteiger partial charge in [-0.1, -0.05) is 6.07 Å². The molecule has 0 radical (unpaired) electrons. The molecule has 120 valence electrons. The summed E-state index contributed by atoms with van der Waals surface area (Å²) in [5.41, 5.74) is 4.15. The summed E-state index contributed by atoms with van der Waals surface area (Å²) in [4.78, 5) is 19.1. The zero-order valence-corrected chi connectivity index (χ0v) is 13.5. The van der Waals surface area contributed by atoms with Gasteiger partial charge in [0.05, 0.1) is 24.5 Å². The van der Waals surface area contributed by atoms with Crippen LogP contribution in [-0.2, 0) is 4.74 Å². The number of morpholine rings is 1. The van der Waals surface area contributed by atoms with Gasteiger partial charge in [-0.2, -0.15) is 0 Å². The van der Waals surface area contributed by atoms with Crippen LogP contribution in [0.25, 0.3) is 0 Å². The van der Waals surface area contributed by atoms with Crippen molar-refractivity contribution in [3.8, 4) is 0 Å². The number of aryl methyl sites for hydroxylation is 2. The van der Waals surface area contributed by atoms with Crippen LogP contribution in [-0.4, -0.2) is 37.2 Å². The lowest BCUT2D eigenvalue weighted by molar-refractivity contribution is 0.102. The molecule has 2 heterocycles. The molecule has 0 atom stereocenters. The second kappa shape index (κ2) is 6.79. The molecule has 1 aromatic carbocycles. The number of hydrogen-bond acceptors (Lipinski definition) is 4. The molecule has 0 bridgehead atoms. The van der Waals surface area contributed by atoms with Gasteiger partial charge in [-0.05, 0) is 44.2 Å². The van der Waals surface area contributed by atoms with E-state index in [2.05, 4.69) is 21.3 Å². The first-order valence-electron chi connectivity index (χ1n) is 7.82. The van der Waals surface area contributed by atoms with Crippen molar-refractivity contribution in [2.24, 2.45) is 0 Å². The molecule has 5 heteroatoms. The highest BCUT2D eigenvalue weighted by Crippen LogP contribution is 2.21. The molecule has 1 aromatic heterocycles. The fourth-order valence-corrected chi connectivity index (χ4v) is 2.73. The quantitative estimate of drug-likeness (QED) is 0.947. The van der Waals surface area contributed by atoms with Gasteiger partial charge in [0, 0.05) is 30.2 Å². The fraction of sp³-hybridized carbons (Fsp3) is 0.333. The number of hydrogen-bond donors (Lipinski definition) is 1. The highest BCUT2D eigenvalue weighted by Gasteiger charge is 2.13. The van der Waals surface area contributed by atoms with Crippen LogP contribution in [0.3, 0.4) is 0 Å². The van der Waals surface area contributed by atoms with Crippen LogP contribution < -0.4 is 10.2 Å². The van der Waals surface area contributed by atoms with Crippen LogP contribution in [0.5, 0.6) is 0 Å². The van der Waals surface area contributed by atoms with E-state index in [9.17, 15) is 4.79 Å². The molecule has 0 aliphatic carbocycles. The van der Waals surface area contributed by atoms with E-state index in [0.29, 0.717) is 5.56 Å². The summed E-state index contributed by atoms with van der Waals surface area (Å²) in [6.45, 7) is 7.00. The fourth-order valence-electron chi connectivity index (χ4n) is 2.73. The average molecular weight is 311 g/mol. The van der Waals surface area contributed by atoms with Crippen LogP contribution >= 0.6 is 0 Å². The summed E-state index contributed by atoms with van der Waals surface area (Å²) in [7, 11) is 0. The SMILES string of the molecule is Cc1ccc(C(=O)Nc2cccc(N3CCOCC3)c2)c(C)n1. The molecule has 1 fully saturated rings. The molecule has 0 spiro atoms. The van der Waals surface area contributed by atoms with E-state index < -0.39 is 0 Å². The lowest BCUT2D eigenvalue weighted by Crippen LogP contribution is -2.36. The largest absolute Gasteiger partial charge is 0.378 e. The van der Waals surface area contributed by atoms with E-state index in [1.807, 2.05) is 44.2 Å². The summed E-state index contributed by atoms with van der Waals surface area (Å²) < 4.78 is 5.38. The van der Waals surface area contributed by atoms with Crippen LogP contribution in [0, 0.1) is 13.8 Å². The Morgan fingerprint density at radius 3 is 2.70 bits per heavy atom. The lowest BCUT2D eigenvalue weighted by Gasteiger charge is -2.29. The van der Waals surface area contributed by atoms with Gasteiger partial charge >= 0.3 is 0 Å². The number of pyridine rings is 1. The normalized spacial score (nSPS) is 14.6. The minimum Gasteiger partial charge on any atom is -0.378 e. The third-order valence-corrected chi connectivity index (χ3v) is 3.95. The van der Waals surface area contributed by atoms with E-state index in [1.54, 1.807) is 0 Å². The van der Waals surface area contributed by atoms with Crippen molar-refractivity contribution in [3.63, 3.8) is 0 Å². The van der Waals surface area contributed by atoms with Crippen LogP contribution in [0.4, 0.5) is 11.4 Å². The monoisotopic (exact) mass is 311 g/mol. The van der Waals surface area contributed by atoms with Crippen molar-refractivity contribution in [1.82, 2.24) is 4.98 Å². The van der Waals surface area contributed by atoms with Gasteiger partial charge in [-0.15, -0.1) is 0 Å².